The number of carbonyl (C=O) groups excluding carboxylic acids is 2. The van der Waals surface area contributed by atoms with Gasteiger partial charge in [-0.3, -0.25) is 14.6 Å². The van der Waals surface area contributed by atoms with E-state index in [1.165, 1.54) is 6.92 Å². The zero-order valence-electron chi connectivity index (χ0n) is 15.1. The van der Waals surface area contributed by atoms with Crippen LogP contribution in [0.15, 0.2) is 30.7 Å². The van der Waals surface area contributed by atoms with Crippen molar-refractivity contribution in [3.63, 3.8) is 0 Å². The minimum absolute atomic E-state index is 0.0177. The molecule has 2 aromatic heterocycles. The Balaban J connectivity index is 1.61. The number of hydrogen-bond acceptors (Lipinski definition) is 6. The predicted octanol–water partition coefficient (Wildman–Crippen LogP) is 0.675. The van der Waals surface area contributed by atoms with Crippen molar-refractivity contribution < 1.29 is 14.3 Å². The van der Waals surface area contributed by atoms with Gasteiger partial charge in [0.05, 0.1) is 30.9 Å². The van der Waals surface area contributed by atoms with E-state index in [2.05, 4.69) is 15.3 Å². The minimum Gasteiger partial charge on any atom is -0.376 e. The maximum absolute atomic E-state index is 12.4. The van der Waals surface area contributed by atoms with E-state index < -0.39 is 0 Å². The highest BCUT2D eigenvalue weighted by Gasteiger charge is 2.46. The van der Waals surface area contributed by atoms with E-state index in [1.807, 2.05) is 18.3 Å². The van der Waals surface area contributed by atoms with Crippen molar-refractivity contribution in [3.8, 4) is 11.4 Å². The molecule has 0 bridgehead atoms. The van der Waals surface area contributed by atoms with Crippen LogP contribution in [0.3, 0.4) is 0 Å². The van der Waals surface area contributed by atoms with Crippen LogP contribution < -0.4 is 5.32 Å². The van der Waals surface area contributed by atoms with Crippen LogP contribution >= 0.6 is 0 Å². The van der Waals surface area contributed by atoms with Gasteiger partial charge >= 0.3 is 0 Å². The molecule has 140 valence electrons. The molecule has 8 nitrogen and oxygen atoms in total. The molecule has 2 aliphatic heterocycles. The first-order valence-corrected chi connectivity index (χ1v) is 8.94. The Morgan fingerprint density at radius 3 is 3.04 bits per heavy atom. The smallest absolute Gasteiger partial charge is 0.241 e. The number of aromatic nitrogens is 3. The average Bonchev–Trinajstić information content (AvgIpc) is 3.12. The van der Waals surface area contributed by atoms with E-state index in [0.717, 1.165) is 23.2 Å². The summed E-state index contributed by atoms with van der Waals surface area (Å²) in [7, 11) is 0. The molecule has 0 saturated carbocycles. The standard InChI is InChI=1S/C19H21N5O3/c1-13(25)21-9-16(26)24-6-4-19(11-24)12-27-10-15-8-22-18(23-17(15)19)14-3-2-5-20-7-14/h2-3,5,7-8H,4,6,9-12H2,1H3,(H,21,25)/t19-/m1/s1. The van der Waals surface area contributed by atoms with Crippen LogP contribution in [-0.4, -0.2) is 57.9 Å². The summed E-state index contributed by atoms with van der Waals surface area (Å²) in [5, 5.41) is 2.57. The fraction of sp³-hybridized carbons (Fsp3) is 0.421. The molecule has 0 unspecified atom stereocenters. The Morgan fingerprint density at radius 1 is 1.37 bits per heavy atom. The Morgan fingerprint density at radius 2 is 2.26 bits per heavy atom. The number of fused-ring (bicyclic) bond motifs is 2. The Kier molecular flexibility index (Phi) is 4.57. The number of ether oxygens (including phenoxy) is 1. The van der Waals surface area contributed by atoms with E-state index in [9.17, 15) is 9.59 Å². The van der Waals surface area contributed by atoms with Crippen molar-refractivity contribution in [1.29, 1.82) is 0 Å². The fourth-order valence-corrected chi connectivity index (χ4v) is 3.74. The van der Waals surface area contributed by atoms with Crippen LogP contribution in [0.25, 0.3) is 11.4 Å². The highest BCUT2D eigenvalue weighted by atomic mass is 16.5. The number of nitrogens with one attached hydrogen (secondary N) is 1. The molecule has 4 heterocycles. The lowest BCUT2D eigenvalue weighted by Gasteiger charge is -2.34. The van der Waals surface area contributed by atoms with Crippen molar-refractivity contribution in [3.05, 3.63) is 42.0 Å². The molecule has 1 fully saturated rings. The van der Waals surface area contributed by atoms with Crippen LogP contribution in [0.5, 0.6) is 0 Å². The van der Waals surface area contributed by atoms with Crippen molar-refractivity contribution in [2.24, 2.45) is 0 Å². The Bertz CT molecular complexity index is 873. The summed E-state index contributed by atoms with van der Waals surface area (Å²) in [6, 6.07) is 3.79. The summed E-state index contributed by atoms with van der Waals surface area (Å²) in [4.78, 5) is 38.7. The van der Waals surface area contributed by atoms with E-state index in [1.54, 1.807) is 17.3 Å². The maximum Gasteiger partial charge on any atom is 0.241 e. The molecule has 4 rings (SSSR count). The van der Waals surface area contributed by atoms with E-state index in [-0.39, 0.29) is 23.8 Å². The second-order valence-electron chi connectivity index (χ2n) is 7.06. The summed E-state index contributed by atoms with van der Waals surface area (Å²) in [5.41, 5.74) is 2.44. The summed E-state index contributed by atoms with van der Waals surface area (Å²) < 4.78 is 5.81. The number of nitrogens with zero attached hydrogens (tertiary/aromatic N) is 4. The first-order chi connectivity index (χ1) is 13.1. The monoisotopic (exact) mass is 367 g/mol. The molecule has 0 aromatic carbocycles. The first kappa shape index (κ1) is 17.5. The molecule has 0 radical (unpaired) electrons. The third-order valence-corrected chi connectivity index (χ3v) is 5.12. The molecule has 2 aliphatic rings. The van der Waals surface area contributed by atoms with Gasteiger partial charge in [0.25, 0.3) is 0 Å². The quantitative estimate of drug-likeness (QED) is 0.857. The number of pyridine rings is 1. The van der Waals surface area contributed by atoms with E-state index >= 15 is 0 Å². The summed E-state index contributed by atoms with van der Waals surface area (Å²) in [5.74, 6) is 0.333. The number of rotatable bonds is 3. The molecule has 1 N–H and O–H groups in total. The lowest BCUT2D eigenvalue weighted by Crippen LogP contribution is -2.44. The van der Waals surface area contributed by atoms with Gasteiger partial charge < -0.3 is 15.0 Å². The Hall–Kier alpha value is -2.87. The van der Waals surface area contributed by atoms with E-state index in [4.69, 9.17) is 9.72 Å². The number of carbonyl (C=O) groups is 2. The normalized spacial score (nSPS) is 21.1. The second kappa shape index (κ2) is 7.03. The van der Waals surface area contributed by atoms with Gasteiger partial charge in [-0.05, 0) is 18.6 Å². The molecule has 8 heteroatoms. The first-order valence-electron chi connectivity index (χ1n) is 8.94. The highest BCUT2D eigenvalue weighted by Crippen LogP contribution is 2.39. The molecule has 2 amide bonds. The van der Waals surface area contributed by atoms with Gasteiger partial charge in [0.2, 0.25) is 11.8 Å². The fourth-order valence-electron chi connectivity index (χ4n) is 3.74. The summed E-state index contributed by atoms with van der Waals surface area (Å²) >= 11 is 0. The van der Waals surface area contributed by atoms with Gasteiger partial charge in [-0.1, -0.05) is 0 Å². The third kappa shape index (κ3) is 3.40. The average molecular weight is 367 g/mol. The third-order valence-electron chi connectivity index (χ3n) is 5.12. The van der Waals surface area contributed by atoms with Gasteiger partial charge in [-0.15, -0.1) is 0 Å². The maximum atomic E-state index is 12.4. The molecule has 0 aliphatic carbocycles. The largest absolute Gasteiger partial charge is 0.376 e. The molecule has 1 atom stereocenters. The predicted molar refractivity (Wildman–Crippen MR) is 96.5 cm³/mol. The highest BCUT2D eigenvalue weighted by molar-refractivity contribution is 5.84. The zero-order chi connectivity index (χ0) is 18.9. The molecular formula is C19H21N5O3. The van der Waals surface area contributed by atoms with Crippen molar-refractivity contribution >= 4 is 11.8 Å². The van der Waals surface area contributed by atoms with E-state index in [0.29, 0.717) is 32.1 Å². The van der Waals surface area contributed by atoms with Gasteiger partial charge in [-0.2, -0.15) is 0 Å². The number of likely N-dealkylation sites (tertiary alicyclic amines) is 1. The van der Waals surface area contributed by atoms with Crippen molar-refractivity contribution in [2.75, 3.05) is 26.2 Å². The van der Waals surface area contributed by atoms with Crippen LogP contribution in [-0.2, 0) is 26.3 Å². The molecule has 27 heavy (non-hydrogen) atoms. The van der Waals surface area contributed by atoms with Gasteiger partial charge in [0.1, 0.15) is 0 Å². The van der Waals surface area contributed by atoms with Crippen LogP contribution in [0.1, 0.15) is 24.6 Å². The second-order valence-corrected chi connectivity index (χ2v) is 7.06. The SMILES string of the molecule is CC(=O)NCC(=O)N1CC[C@]2(COCc3cnc(-c4cccnc4)nc32)C1. The van der Waals surface area contributed by atoms with Gasteiger partial charge in [0, 0.05) is 49.7 Å². The lowest BCUT2D eigenvalue weighted by molar-refractivity contribution is -0.131. The Labute approximate surface area is 157 Å². The van der Waals surface area contributed by atoms with Gasteiger partial charge in [-0.25, -0.2) is 9.97 Å². The number of amides is 2. The van der Waals surface area contributed by atoms with Crippen LogP contribution in [0, 0.1) is 0 Å². The molecule has 1 saturated heterocycles. The van der Waals surface area contributed by atoms with Crippen LogP contribution in [0.4, 0.5) is 0 Å². The molecule has 2 aromatic rings. The topological polar surface area (TPSA) is 97.3 Å². The zero-order valence-corrected chi connectivity index (χ0v) is 15.1. The molecule has 1 spiro atoms. The summed E-state index contributed by atoms with van der Waals surface area (Å²) in [6.07, 6.45) is 6.04. The lowest BCUT2D eigenvalue weighted by atomic mass is 9.80. The minimum atomic E-state index is -0.334. The van der Waals surface area contributed by atoms with Crippen LogP contribution in [0.2, 0.25) is 0 Å². The number of hydrogen-bond donors (Lipinski definition) is 1. The summed E-state index contributed by atoms with van der Waals surface area (Å²) in [6.45, 7) is 3.57. The van der Waals surface area contributed by atoms with Gasteiger partial charge in [0.15, 0.2) is 5.82 Å². The van der Waals surface area contributed by atoms with Crippen molar-refractivity contribution in [1.82, 2.24) is 25.2 Å². The van der Waals surface area contributed by atoms with Crippen molar-refractivity contribution in [2.45, 2.75) is 25.4 Å². The molecular weight excluding hydrogens is 346 g/mol.